The Labute approximate surface area is 114 Å². The van der Waals surface area contributed by atoms with Crippen LogP contribution >= 0.6 is 27.3 Å². The largest absolute Gasteiger partial charge is 0.294 e. The average molecular weight is 309 g/mol. The summed E-state index contributed by atoms with van der Waals surface area (Å²) in [6, 6.07) is 7.90. The molecule has 1 heterocycles. The maximum atomic E-state index is 12.2. The van der Waals surface area contributed by atoms with Crippen LogP contribution in [-0.2, 0) is 6.42 Å². The maximum Gasteiger partial charge on any atom is 0.168 e. The number of halogens is 1. The van der Waals surface area contributed by atoms with Gasteiger partial charge in [-0.1, -0.05) is 18.2 Å². The van der Waals surface area contributed by atoms with Gasteiger partial charge in [0.05, 0.1) is 0 Å². The van der Waals surface area contributed by atoms with Crippen LogP contribution in [0.1, 0.15) is 26.4 Å². The highest BCUT2D eigenvalue weighted by Gasteiger charge is 2.11. The van der Waals surface area contributed by atoms with Crippen LogP contribution in [0.25, 0.3) is 0 Å². The summed E-state index contributed by atoms with van der Waals surface area (Å²) in [5, 5.41) is 2.01. The van der Waals surface area contributed by atoms with Crippen molar-refractivity contribution in [1.82, 2.24) is 0 Å². The van der Waals surface area contributed by atoms with Crippen molar-refractivity contribution in [1.29, 1.82) is 0 Å². The van der Waals surface area contributed by atoms with Crippen molar-refractivity contribution < 1.29 is 4.79 Å². The number of aryl methyl sites for hydroxylation is 1. The summed E-state index contributed by atoms with van der Waals surface area (Å²) < 4.78 is 1.05. The summed E-state index contributed by atoms with van der Waals surface area (Å²) >= 11 is 5.02. The third-order valence-electron chi connectivity index (χ3n) is 2.86. The van der Waals surface area contributed by atoms with Crippen LogP contribution in [0.15, 0.2) is 34.1 Å². The molecule has 0 aliphatic rings. The molecule has 3 heteroatoms. The SMILES string of the molecule is Cc1cccc(C(=O)Cc2cc(Br)cs2)c1C. The van der Waals surface area contributed by atoms with Crippen molar-refractivity contribution in [2.75, 3.05) is 0 Å². The van der Waals surface area contributed by atoms with Gasteiger partial charge in [-0.05, 0) is 47.0 Å². The number of rotatable bonds is 3. The first kappa shape index (κ1) is 12.5. The minimum absolute atomic E-state index is 0.195. The third-order valence-corrected chi connectivity index (χ3v) is 4.56. The fraction of sp³-hybridized carbons (Fsp3) is 0.214. The van der Waals surface area contributed by atoms with E-state index in [1.54, 1.807) is 11.3 Å². The van der Waals surface area contributed by atoms with E-state index in [1.165, 1.54) is 5.56 Å². The Morgan fingerprint density at radius 2 is 2.12 bits per heavy atom. The zero-order valence-electron chi connectivity index (χ0n) is 9.79. The Bertz CT molecular complexity index is 557. The molecular weight excluding hydrogens is 296 g/mol. The number of hydrogen-bond acceptors (Lipinski definition) is 2. The lowest BCUT2D eigenvalue weighted by atomic mass is 9.98. The lowest BCUT2D eigenvalue weighted by molar-refractivity contribution is 0.0993. The van der Waals surface area contributed by atoms with Gasteiger partial charge in [-0.25, -0.2) is 0 Å². The molecule has 0 atom stereocenters. The predicted octanol–water partition coefficient (Wildman–Crippen LogP) is 4.55. The van der Waals surface area contributed by atoms with E-state index >= 15 is 0 Å². The average Bonchev–Trinajstić information content (AvgIpc) is 2.68. The van der Waals surface area contributed by atoms with Crippen molar-refractivity contribution in [3.8, 4) is 0 Å². The molecule has 1 aromatic carbocycles. The summed E-state index contributed by atoms with van der Waals surface area (Å²) in [5.74, 6) is 0.195. The first-order valence-electron chi connectivity index (χ1n) is 5.40. The quantitative estimate of drug-likeness (QED) is 0.760. The Morgan fingerprint density at radius 3 is 2.76 bits per heavy atom. The molecule has 0 fully saturated rings. The molecule has 2 aromatic rings. The second kappa shape index (κ2) is 5.15. The number of hydrogen-bond donors (Lipinski definition) is 0. The van der Waals surface area contributed by atoms with Crippen LogP contribution in [0.5, 0.6) is 0 Å². The van der Waals surface area contributed by atoms with E-state index < -0.39 is 0 Å². The lowest BCUT2D eigenvalue weighted by Crippen LogP contribution is -2.05. The Balaban J connectivity index is 2.23. The van der Waals surface area contributed by atoms with Gasteiger partial charge >= 0.3 is 0 Å². The van der Waals surface area contributed by atoms with Gasteiger partial charge in [0.25, 0.3) is 0 Å². The second-order valence-corrected chi connectivity index (χ2v) is 5.99. The number of thiophene rings is 1. The third kappa shape index (κ3) is 2.85. The zero-order chi connectivity index (χ0) is 12.4. The first-order valence-corrected chi connectivity index (χ1v) is 7.07. The van der Waals surface area contributed by atoms with Crippen molar-refractivity contribution in [2.24, 2.45) is 0 Å². The Hall–Kier alpha value is -0.930. The number of benzene rings is 1. The molecular formula is C14H13BrOS. The summed E-state index contributed by atoms with van der Waals surface area (Å²) in [7, 11) is 0. The molecule has 17 heavy (non-hydrogen) atoms. The van der Waals surface area contributed by atoms with Gasteiger partial charge < -0.3 is 0 Å². The molecule has 0 saturated heterocycles. The standard InChI is InChI=1S/C14H13BrOS/c1-9-4-3-5-13(10(9)2)14(16)7-12-6-11(15)8-17-12/h3-6,8H,7H2,1-2H3. The van der Waals surface area contributed by atoms with Gasteiger partial charge in [0.1, 0.15) is 0 Å². The van der Waals surface area contributed by atoms with Crippen LogP contribution < -0.4 is 0 Å². The predicted molar refractivity (Wildman–Crippen MR) is 76.0 cm³/mol. The molecule has 0 aliphatic carbocycles. The molecule has 0 amide bonds. The Morgan fingerprint density at radius 1 is 1.35 bits per heavy atom. The number of ketones is 1. The molecule has 0 aliphatic heterocycles. The minimum atomic E-state index is 0.195. The highest BCUT2D eigenvalue weighted by Crippen LogP contribution is 2.22. The monoisotopic (exact) mass is 308 g/mol. The van der Waals surface area contributed by atoms with Gasteiger partial charge in [-0.2, -0.15) is 0 Å². The smallest absolute Gasteiger partial charge is 0.168 e. The normalized spacial score (nSPS) is 10.5. The van der Waals surface area contributed by atoms with Crippen LogP contribution in [-0.4, -0.2) is 5.78 Å². The summed E-state index contributed by atoms with van der Waals surface area (Å²) in [4.78, 5) is 13.3. The van der Waals surface area contributed by atoms with Gasteiger partial charge in [-0.15, -0.1) is 11.3 Å². The van der Waals surface area contributed by atoms with Crippen molar-refractivity contribution in [3.05, 3.63) is 55.7 Å². The molecule has 2 rings (SSSR count). The number of carbonyl (C=O) groups excluding carboxylic acids is 1. The van der Waals surface area contributed by atoms with Crippen molar-refractivity contribution in [2.45, 2.75) is 20.3 Å². The van der Waals surface area contributed by atoms with Crippen LogP contribution in [0, 0.1) is 13.8 Å². The van der Waals surface area contributed by atoms with Gasteiger partial charge in [0, 0.05) is 26.7 Å². The maximum absolute atomic E-state index is 12.2. The summed E-state index contributed by atoms with van der Waals surface area (Å²) in [6.07, 6.45) is 0.487. The minimum Gasteiger partial charge on any atom is -0.294 e. The molecule has 0 unspecified atom stereocenters. The molecule has 88 valence electrons. The van der Waals surface area contributed by atoms with E-state index in [0.29, 0.717) is 6.42 Å². The highest BCUT2D eigenvalue weighted by molar-refractivity contribution is 9.10. The molecule has 0 spiro atoms. The highest BCUT2D eigenvalue weighted by atomic mass is 79.9. The van der Waals surface area contributed by atoms with Gasteiger partial charge in [0.15, 0.2) is 5.78 Å². The van der Waals surface area contributed by atoms with Crippen LogP contribution in [0.3, 0.4) is 0 Å². The summed E-state index contributed by atoms with van der Waals surface area (Å²) in [6.45, 7) is 4.04. The van der Waals surface area contributed by atoms with Crippen molar-refractivity contribution >= 4 is 33.0 Å². The fourth-order valence-corrected chi connectivity index (χ4v) is 3.20. The summed E-state index contributed by atoms with van der Waals surface area (Å²) in [5.41, 5.74) is 3.10. The lowest BCUT2D eigenvalue weighted by Gasteiger charge is -2.06. The molecule has 0 saturated carbocycles. The van der Waals surface area contributed by atoms with E-state index in [2.05, 4.69) is 15.9 Å². The van der Waals surface area contributed by atoms with E-state index in [9.17, 15) is 4.79 Å². The first-order chi connectivity index (χ1) is 8.08. The van der Waals surface area contributed by atoms with Crippen LogP contribution in [0.2, 0.25) is 0 Å². The zero-order valence-corrected chi connectivity index (χ0v) is 12.2. The van der Waals surface area contributed by atoms with Gasteiger partial charge in [-0.3, -0.25) is 4.79 Å². The van der Waals surface area contributed by atoms with E-state index in [4.69, 9.17) is 0 Å². The number of Topliss-reactive ketones (excluding diaryl/α,β-unsaturated/α-hetero) is 1. The fourth-order valence-electron chi connectivity index (χ4n) is 1.75. The van der Waals surface area contributed by atoms with E-state index in [-0.39, 0.29) is 5.78 Å². The van der Waals surface area contributed by atoms with E-state index in [1.807, 2.05) is 43.5 Å². The molecule has 0 bridgehead atoms. The molecule has 1 nitrogen and oxygen atoms in total. The number of carbonyl (C=O) groups is 1. The van der Waals surface area contributed by atoms with E-state index in [0.717, 1.165) is 20.5 Å². The Kier molecular flexibility index (Phi) is 3.79. The molecule has 1 aromatic heterocycles. The molecule has 0 radical (unpaired) electrons. The van der Waals surface area contributed by atoms with Gasteiger partial charge in [0.2, 0.25) is 0 Å². The topological polar surface area (TPSA) is 17.1 Å². The van der Waals surface area contributed by atoms with Crippen molar-refractivity contribution in [3.63, 3.8) is 0 Å². The molecule has 0 N–H and O–H groups in total. The second-order valence-electron chi connectivity index (χ2n) is 4.08. The van der Waals surface area contributed by atoms with Crippen LogP contribution in [0.4, 0.5) is 0 Å².